The van der Waals surface area contributed by atoms with Crippen LogP contribution >= 0.6 is 0 Å². The zero-order chi connectivity index (χ0) is 20.0. The van der Waals surface area contributed by atoms with Gasteiger partial charge in [-0.05, 0) is 50.2 Å². The van der Waals surface area contributed by atoms with Crippen molar-refractivity contribution >= 4 is 23.3 Å². The monoisotopic (exact) mass is 381 g/mol. The number of alkyl halides is 3. The summed E-state index contributed by atoms with van der Waals surface area (Å²) in [5.74, 6) is -0.951. The Balaban J connectivity index is 2.00. The van der Waals surface area contributed by atoms with Gasteiger partial charge in [0.2, 0.25) is 0 Å². The summed E-state index contributed by atoms with van der Waals surface area (Å²) in [6.07, 6.45) is -4.81. The van der Waals surface area contributed by atoms with Crippen LogP contribution in [0, 0.1) is 0 Å². The Morgan fingerprint density at radius 1 is 0.963 bits per heavy atom. The van der Waals surface area contributed by atoms with Crippen LogP contribution in [0.25, 0.3) is 0 Å². The number of amides is 3. The highest BCUT2D eigenvalue weighted by Crippen LogP contribution is 2.25. The van der Waals surface area contributed by atoms with Crippen molar-refractivity contribution in [1.29, 1.82) is 0 Å². The molecule has 0 unspecified atom stereocenters. The van der Waals surface area contributed by atoms with Crippen LogP contribution < -0.4 is 20.7 Å². The minimum absolute atomic E-state index is 0.0212. The van der Waals surface area contributed by atoms with Crippen molar-refractivity contribution in [2.75, 3.05) is 10.6 Å². The highest BCUT2D eigenvalue weighted by molar-refractivity contribution is 6.04. The molecule has 0 aliphatic carbocycles. The number of carbonyl (C=O) groups is 2. The van der Waals surface area contributed by atoms with Crippen molar-refractivity contribution in [3.8, 4) is 5.75 Å². The summed E-state index contributed by atoms with van der Waals surface area (Å²) in [5, 5.41) is 7.76. The maximum Gasteiger partial charge on any atom is 0.573 e. The molecule has 0 bridgehead atoms. The molecule has 0 spiro atoms. The van der Waals surface area contributed by atoms with Gasteiger partial charge in [0.1, 0.15) is 5.75 Å². The second-order valence-electron chi connectivity index (χ2n) is 5.86. The van der Waals surface area contributed by atoms with E-state index in [1.54, 1.807) is 0 Å². The van der Waals surface area contributed by atoms with Crippen molar-refractivity contribution in [3.05, 3.63) is 54.1 Å². The van der Waals surface area contributed by atoms with Gasteiger partial charge in [-0.25, -0.2) is 4.79 Å². The predicted octanol–water partition coefficient (Wildman–Crippen LogP) is 4.37. The van der Waals surface area contributed by atoms with E-state index in [9.17, 15) is 22.8 Å². The Morgan fingerprint density at radius 2 is 1.63 bits per heavy atom. The number of rotatable bonds is 5. The van der Waals surface area contributed by atoms with Crippen LogP contribution in [-0.2, 0) is 0 Å². The van der Waals surface area contributed by atoms with Gasteiger partial charge in [-0.2, -0.15) is 0 Å². The fraction of sp³-hybridized carbons (Fsp3) is 0.222. The van der Waals surface area contributed by atoms with E-state index in [0.29, 0.717) is 5.69 Å². The molecular formula is C18H18F3N3O3. The molecule has 3 amide bonds. The SMILES string of the molecule is CC(C)NC(=O)Nc1ccc(C(=O)Nc2cccc(OC(F)(F)F)c2)cc1. The van der Waals surface area contributed by atoms with E-state index in [1.165, 1.54) is 36.4 Å². The van der Waals surface area contributed by atoms with Gasteiger partial charge in [0.25, 0.3) is 5.91 Å². The van der Waals surface area contributed by atoms with E-state index in [4.69, 9.17) is 0 Å². The molecule has 9 heteroatoms. The molecular weight excluding hydrogens is 363 g/mol. The van der Waals surface area contributed by atoms with Gasteiger partial charge in [-0.1, -0.05) is 6.07 Å². The molecule has 2 rings (SSSR count). The third-order valence-electron chi connectivity index (χ3n) is 3.15. The molecule has 0 aliphatic heterocycles. The second kappa shape index (κ2) is 8.43. The van der Waals surface area contributed by atoms with Crippen molar-refractivity contribution in [2.45, 2.75) is 26.3 Å². The van der Waals surface area contributed by atoms with Gasteiger partial charge in [0.05, 0.1) is 0 Å². The first-order valence-corrected chi connectivity index (χ1v) is 7.97. The quantitative estimate of drug-likeness (QED) is 0.720. The summed E-state index contributed by atoms with van der Waals surface area (Å²) in [7, 11) is 0. The molecule has 0 saturated carbocycles. The van der Waals surface area contributed by atoms with Gasteiger partial charge in [-0.3, -0.25) is 4.79 Å². The topological polar surface area (TPSA) is 79.5 Å². The zero-order valence-electron chi connectivity index (χ0n) is 14.6. The molecule has 3 N–H and O–H groups in total. The first-order chi connectivity index (χ1) is 12.6. The van der Waals surface area contributed by atoms with Crippen molar-refractivity contribution in [1.82, 2.24) is 5.32 Å². The van der Waals surface area contributed by atoms with Crippen molar-refractivity contribution < 1.29 is 27.5 Å². The van der Waals surface area contributed by atoms with E-state index < -0.39 is 18.0 Å². The lowest BCUT2D eigenvalue weighted by atomic mass is 10.2. The highest BCUT2D eigenvalue weighted by atomic mass is 19.4. The van der Waals surface area contributed by atoms with Crippen molar-refractivity contribution in [3.63, 3.8) is 0 Å². The summed E-state index contributed by atoms with van der Waals surface area (Å²) < 4.78 is 40.6. The maximum atomic E-state index is 12.3. The molecule has 0 atom stereocenters. The Labute approximate surface area is 153 Å². The number of nitrogens with one attached hydrogen (secondary N) is 3. The third-order valence-corrected chi connectivity index (χ3v) is 3.15. The number of hydrogen-bond acceptors (Lipinski definition) is 3. The molecule has 0 heterocycles. The number of urea groups is 1. The molecule has 2 aromatic carbocycles. The van der Waals surface area contributed by atoms with Crippen LogP contribution in [0.5, 0.6) is 5.75 Å². The van der Waals surface area contributed by atoms with E-state index in [-0.39, 0.29) is 23.3 Å². The van der Waals surface area contributed by atoms with E-state index in [1.807, 2.05) is 13.8 Å². The summed E-state index contributed by atoms with van der Waals surface area (Å²) in [4.78, 5) is 23.8. The lowest BCUT2D eigenvalue weighted by Gasteiger charge is -2.11. The smallest absolute Gasteiger partial charge is 0.406 e. The Bertz CT molecular complexity index is 805. The van der Waals surface area contributed by atoms with Crippen LogP contribution in [0.2, 0.25) is 0 Å². The Hall–Kier alpha value is -3.23. The fourth-order valence-electron chi connectivity index (χ4n) is 2.11. The summed E-state index contributed by atoms with van der Waals surface area (Å²) in [6.45, 7) is 3.64. The molecule has 27 heavy (non-hydrogen) atoms. The maximum absolute atomic E-state index is 12.3. The third kappa shape index (κ3) is 6.89. The van der Waals surface area contributed by atoms with Gasteiger partial charge in [0.15, 0.2) is 0 Å². The summed E-state index contributed by atoms with van der Waals surface area (Å²) in [6, 6.07) is 10.6. The Kier molecular flexibility index (Phi) is 6.27. The minimum atomic E-state index is -4.81. The molecule has 0 aliphatic rings. The lowest BCUT2D eigenvalue weighted by molar-refractivity contribution is -0.274. The van der Waals surface area contributed by atoms with Gasteiger partial charge in [0, 0.05) is 29.0 Å². The molecule has 2 aromatic rings. The molecule has 144 valence electrons. The Morgan fingerprint density at radius 3 is 2.22 bits per heavy atom. The van der Waals surface area contributed by atoms with Crippen LogP contribution in [-0.4, -0.2) is 24.3 Å². The molecule has 0 radical (unpaired) electrons. The first kappa shape index (κ1) is 20.1. The normalized spacial score (nSPS) is 11.0. The number of benzene rings is 2. The van der Waals surface area contributed by atoms with Crippen LogP contribution in [0.15, 0.2) is 48.5 Å². The number of hydrogen-bond donors (Lipinski definition) is 3. The fourth-order valence-corrected chi connectivity index (χ4v) is 2.11. The lowest BCUT2D eigenvalue weighted by Crippen LogP contribution is -2.34. The molecule has 0 saturated heterocycles. The minimum Gasteiger partial charge on any atom is -0.406 e. The molecule has 0 fully saturated rings. The van der Waals surface area contributed by atoms with E-state index >= 15 is 0 Å². The number of ether oxygens (including phenoxy) is 1. The number of anilines is 2. The largest absolute Gasteiger partial charge is 0.573 e. The molecule has 6 nitrogen and oxygen atoms in total. The first-order valence-electron chi connectivity index (χ1n) is 7.97. The van der Waals surface area contributed by atoms with Crippen LogP contribution in [0.3, 0.4) is 0 Å². The van der Waals surface area contributed by atoms with Gasteiger partial charge >= 0.3 is 12.4 Å². The molecule has 0 aromatic heterocycles. The van der Waals surface area contributed by atoms with E-state index in [0.717, 1.165) is 12.1 Å². The van der Waals surface area contributed by atoms with Crippen LogP contribution in [0.4, 0.5) is 29.3 Å². The number of carbonyl (C=O) groups excluding carboxylic acids is 2. The van der Waals surface area contributed by atoms with E-state index in [2.05, 4.69) is 20.7 Å². The zero-order valence-corrected chi connectivity index (χ0v) is 14.6. The predicted molar refractivity (Wildman–Crippen MR) is 94.8 cm³/mol. The average molecular weight is 381 g/mol. The summed E-state index contributed by atoms with van der Waals surface area (Å²) >= 11 is 0. The van der Waals surface area contributed by atoms with Gasteiger partial charge < -0.3 is 20.7 Å². The summed E-state index contributed by atoms with van der Waals surface area (Å²) in [5.41, 5.74) is 0.914. The van der Waals surface area contributed by atoms with Crippen molar-refractivity contribution in [2.24, 2.45) is 0 Å². The second-order valence-corrected chi connectivity index (χ2v) is 5.86. The standard InChI is InChI=1S/C18H18F3N3O3/c1-11(2)22-17(26)24-13-8-6-12(7-9-13)16(25)23-14-4-3-5-15(10-14)27-18(19,20)21/h3-11H,1-2H3,(H,23,25)(H2,22,24,26). The van der Waals surface area contributed by atoms with Gasteiger partial charge in [-0.15, -0.1) is 13.2 Å². The van der Waals surface area contributed by atoms with Crippen LogP contribution in [0.1, 0.15) is 24.2 Å². The highest BCUT2D eigenvalue weighted by Gasteiger charge is 2.31. The number of halogens is 3. The average Bonchev–Trinajstić information content (AvgIpc) is 2.53.